The molecule has 0 saturated carbocycles. The van der Waals surface area contributed by atoms with Crippen molar-refractivity contribution < 1.29 is 28.6 Å². The number of unbranched alkanes of at least 4 members (excludes halogenated alkanes) is 24. The smallest absolute Gasteiger partial charge is 0.306 e. The molecule has 0 aromatic heterocycles. The molecule has 6 nitrogen and oxygen atoms in total. The molecule has 1 unspecified atom stereocenters. The number of ether oxygens (including phenoxy) is 3. The van der Waals surface area contributed by atoms with Gasteiger partial charge in [0.1, 0.15) is 13.2 Å². The summed E-state index contributed by atoms with van der Waals surface area (Å²) in [6.45, 7) is 6.39. The molecule has 6 heteroatoms. The highest BCUT2D eigenvalue weighted by molar-refractivity contribution is 5.71. The normalized spacial score (nSPS) is 13.1. The van der Waals surface area contributed by atoms with Crippen LogP contribution in [0.3, 0.4) is 0 Å². The quantitative estimate of drug-likeness (QED) is 0.0261. The third-order valence-electron chi connectivity index (χ3n) is 13.8. The molecule has 0 amide bonds. The molecule has 0 N–H and O–H groups in total. The Hall–Kier alpha value is -4.71. The first-order valence-electron chi connectivity index (χ1n) is 33.3. The predicted octanol–water partition coefficient (Wildman–Crippen LogP) is 23.1. The summed E-state index contributed by atoms with van der Waals surface area (Å²) < 4.78 is 16.9. The van der Waals surface area contributed by atoms with E-state index in [1.807, 2.05) is 0 Å². The van der Waals surface area contributed by atoms with Crippen LogP contribution in [0.15, 0.2) is 146 Å². The topological polar surface area (TPSA) is 78.9 Å². The van der Waals surface area contributed by atoms with E-state index in [1.165, 1.54) is 96.3 Å². The average molecular weight is 1120 g/mol. The van der Waals surface area contributed by atoms with Crippen molar-refractivity contribution >= 4 is 17.9 Å². The van der Waals surface area contributed by atoms with Crippen LogP contribution in [0.2, 0.25) is 0 Å². The molecular formula is C75H122O6. The van der Waals surface area contributed by atoms with E-state index < -0.39 is 6.10 Å². The number of hydrogen-bond acceptors (Lipinski definition) is 6. The van der Waals surface area contributed by atoms with E-state index in [4.69, 9.17) is 14.2 Å². The Morgan fingerprint density at radius 2 is 0.481 bits per heavy atom. The molecule has 1 atom stereocenters. The molecule has 0 aromatic carbocycles. The maximum atomic E-state index is 12.9. The SMILES string of the molecule is CC/C=C\C/C=C\C/C=C\C/C=C\C/C=C\C/C=C\C/C=C\C/C=C\CCCCCCCCC(=O)OCC(COC(=O)CCCCCCC/C=C\CCCCCCCC)OC(=O)CCCCCCCCC/C=C\C/C=C\C/C=C\CC. The lowest BCUT2D eigenvalue weighted by Gasteiger charge is -2.18. The zero-order valence-electron chi connectivity index (χ0n) is 52.5. The highest BCUT2D eigenvalue weighted by Gasteiger charge is 2.19. The fraction of sp³-hybridized carbons (Fsp3) is 0.640. The van der Waals surface area contributed by atoms with Crippen LogP contribution in [-0.4, -0.2) is 37.2 Å². The first-order chi connectivity index (χ1) is 40.0. The van der Waals surface area contributed by atoms with Gasteiger partial charge in [-0.25, -0.2) is 0 Å². The molecule has 0 aliphatic carbocycles. The number of hydrogen-bond donors (Lipinski definition) is 0. The van der Waals surface area contributed by atoms with Crippen LogP contribution in [0.5, 0.6) is 0 Å². The monoisotopic (exact) mass is 1120 g/mol. The summed E-state index contributed by atoms with van der Waals surface area (Å²) in [5, 5.41) is 0. The Bertz CT molecular complexity index is 1760. The summed E-state index contributed by atoms with van der Waals surface area (Å²) >= 11 is 0. The second-order valence-corrected chi connectivity index (χ2v) is 21.6. The number of carbonyl (C=O) groups excluding carboxylic acids is 3. The molecule has 0 aromatic rings. The first kappa shape index (κ1) is 76.3. The van der Waals surface area contributed by atoms with E-state index in [2.05, 4.69) is 167 Å². The lowest BCUT2D eigenvalue weighted by Crippen LogP contribution is -2.30. The van der Waals surface area contributed by atoms with Gasteiger partial charge in [0.25, 0.3) is 0 Å². The summed E-state index contributed by atoms with van der Waals surface area (Å²) in [7, 11) is 0. The van der Waals surface area contributed by atoms with Gasteiger partial charge in [-0.2, -0.15) is 0 Å². The molecule has 0 fully saturated rings. The lowest BCUT2D eigenvalue weighted by molar-refractivity contribution is -0.167. The van der Waals surface area contributed by atoms with E-state index >= 15 is 0 Å². The fourth-order valence-corrected chi connectivity index (χ4v) is 8.88. The highest BCUT2D eigenvalue weighted by Crippen LogP contribution is 2.15. The van der Waals surface area contributed by atoms with E-state index in [9.17, 15) is 14.4 Å². The Kier molecular flexibility index (Phi) is 63.9. The fourth-order valence-electron chi connectivity index (χ4n) is 8.88. The number of esters is 3. The lowest BCUT2D eigenvalue weighted by atomic mass is 10.1. The van der Waals surface area contributed by atoms with Crippen molar-refractivity contribution in [1.29, 1.82) is 0 Å². The second-order valence-electron chi connectivity index (χ2n) is 21.6. The zero-order valence-corrected chi connectivity index (χ0v) is 52.5. The Morgan fingerprint density at radius 1 is 0.259 bits per heavy atom. The molecule has 0 rings (SSSR count). The van der Waals surface area contributed by atoms with Crippen molar-refractivity contribution in [2.75, 3.05) is 13.2 Å². The maximum absolute atomic E-state index is 12.9. The van der Waals surface area contributed by atoms with Crippen molar-refractivity contribution in [2.24, 2.45) is 0 Å². The van der Waals surface area contributed by atoms with Crippen LogP contribution in [0.25, 0.3) is 0 Å². The van der Waals surface area contributed by atoms with E-state index in [1.54, 1.807) is 0 Å². The largest absolute Gasteiger partial charge is 0.462 e. The summed E-state index contributed by atoms with van der Waals surface area (Å²) in [5.74, 6) is -0.925. The van der Waals surface area contributed by atoms with E-state index in [0.29, 0.717) is 19.3 Å². The minimum atomic E-state index is -0.800. The molecule has 0 heterocycles. The van der Waals surface area contributed by atoms with Crippen LogP contribution in [-0.2, 0) is 28.6 Å². The van der Waals surface area contributed by atoms with Crippen molar-refractivity contribution in [3.8, 4) is 0 Å². The molecule has 458 valence electrons. The third kappa shape index (κ3) is 66.0. The molecule has 0 spiro atoms. The zero-order chi connectivity index (χ0) is 58.5. The molecule has 81 heavy (non-hydrogen) atoms. The minimum Gasteiger partial charge on any atom is -0.462 e. The van der Waals surface area contributed by atoms with Gasteiger partial charge >= 0.3 is 17.9 Å². The Labute approximate surface area is 499 Å². The second kappa shape index (κ2) is 67.8. The highest BCUT2D eigenvalue weighted by atomic mass is 16.6. The number of allylic oxidation sites excluding steroid dienone is 24. The number of rotatable bonds is 59. The summed E-state index contributed by atoms with van der Waals surface area (Å²) in [6, 6.07) is 0. The standard InChI is InChI=1S/C75H122O6/c1-4-7-10-13-16-19-22-25-28-30-31-32-33-34-35-36-37-38-39-40-41-42-43-45-47-50-53-56-59-62-65-68-74(77)80-71-72(70-79-73(76)67-64-61-58-55-52-49-46-27-24-21-18-15-12-9-6-3)81-75(78)69-66-63-60-57-54-51-48-44-29-26-23-20-17-14-11-8-5-2/h7-8,10-11,16-17,19-20,25-29,31-32,34-35,37-38,40-41,43,45-46,72H,4-6,9,12-15,18,21-24,30,33,36,39,42,44,47-71H2,1-3H3/b10-7-,11-8-,19-16-,20-17-,28-25-,29-26-,32-31-,35-34-,38-37-,41-40-,45-43-,46-27-. The van der Waals surface area contributed by atoms with Crippen molar-refractivity contribution in [3.63, 3.8) is 0 Å². The van der Waals surface area contributed by atoms with E-state index in [0.717, 1.165) is 154 Å². The van der Waals surface area contributed by atoms with Crippen LogP contribution < -0.4 is 0 Å². The van der Waals surface area contributed by atoms with Gasteiger partial charge < -0.3 is 14.2 Å². The Morgan fingerprint density at radius 3 is 0.765 bits per heavy atom. The van der Waals surface area contributed by atoms with Crippen LogP contribution >= 0.6 is 0 Å². The van der Waals surface area contributed by atoms with Gasteiger partial charge in [0, 0.05) is 19.3 Å². The summed E-state index contributed by atoms with van der Waals surface area (Å²) in [6.07, 6.45) is 97.1. The average Bonchev–Trinajstić information content (AvgIpc) is 3.47. The molecule has 0 bridgehead atoms. The summed E-state index contributed by atoms with van der Waals surface area (Å²) in [4.78, 5) is 38.4. The van der Waals surface area contributed by atoms with E-state index in [-0.39, 0.29) is 31.1 Å². The molecule has 0 radical (unpaired) electrons. The maximum Gasteiger partial charge on any atom is 0.306 e. The van der Waals surface area contributed by atoms with Gasteiger partial charge in [-0.3, -0.25) is 14.4 Å². The van der Waals surface area contributed by atoms with Crippen LogP contribution in [0.1, 0.15) is 290 Å². The van der Waals surface area contributed by atoms with Gasteiger partial charge in [0.05, 0.1) is 0 Å². The molecule has 0 saturated heterocycles. The van der Waals surface area contributed by atoms with Gasteiger partial charge in [0.2, 0.25) is 0 Å². The van der Waals surface area contributed by atoms with Gasteiger partial charge in [0.15, 0.2) is 6.10 Å². The van der Waals surface area contributed by atoms with Gasteiger partial charge in [-0.1, -0.05) is 276 Å². The molecule has 0 aliphatic heterocycles. The van der Waals surface area contributed by atoms with Gasteiger partial charge in [-0.05, 0) is 141 Å². The summed E-state index contributed by atoms with van der Waals surface area (Å²) in [5.41, 5.74) is 0. The third-order valence-corrected chi connectivity index (χ3v) is 13.8. The van der Waals surface area contributed by atoms with Crippen molar-refractivity contribution in [2.45, 2.75) is 297 Å². The Balaban J connectivity index is 4.38. The van der Waals surface area contributed by atoms with Crippen LogP contribution in [0.4, 0.5) is 0 Å². The minimum absolute atomic E-state index is 0.0948. The predicted molar refractivity (Wildman–Crippen MR) is 352 cm³/mol. The van der Waals surface area contributed by atoms with Gasteiger partial charge in [-0.15, -0.1) is 0 Å². The molecule has 0 aliphatic rings. The first-order valence-corrected chi connectivity index (χ1v) is 33.3. The van der Waals surface area contributed by atoms with Crippen molar-refractivity contribution in [3.05, 3.63) is 146 Å². The molecular weight excluding hydrogens is 997 g/mol. The van der Waals surface area contributed by atoms with Crippen LogP contribution in [0, 0.1) is 0 Å². The van der Waals surface area contributed by atoms with Crippen molar-refractivity contribution in [1.82, 2.24) is 0 Å². The number of carbonyl (C=O) groups is 3.